The predicted octanol–water partition coefficient (Wildman–Crippen LogP) is 3.79. The molecule has 0 aliphatic carbocycles. The number of aromatic nitrogens is 1. The van der Waals surface area contributed by atoms with Crippen LogP contribution in [0.4, 0.5) is 10.8 Å². The maximum absolute atomic E-state index is 9.19. The quantitative estimate of drug-likeness (QED) is 0.854. The monoisotopic (exact) mass is 261 g/mol. The highest BCUT2D eigenvalue weighted by Crippen LogP contribution is 2.29. The molecule has 0 bridgehead atoms. The van der Waals surface area contributed by atoms with E-state index in [1.54, 1.807) is 11.8 Å². The number of benzene rings is 1. The summed E-state index contributed by atoms with van der Waals surface area (Å²) in [6.07, 6.45) is 1.97. The highest BCUT2D eigenvalue weighted by molar-refractivity contribution is 7.98. The van der Waals surface area contributed by atoms with Crippen molar-refractivity contribution < 1.29 is 0 Å². The first-order valence-electron chi connectivity index (χ1n) is 5.01. The lowest BCUT2D eigenvalue weighted by Gasteiger charge is -2.07. The van der Waals surface area contributed by atoms with Gasteiger partial charge in [-0.05, 0) is 25.3 Å². The minimum absolute atomic E-state index is 0.674. The van der Waals surface area contributed by atoms with Gasteiger partial charge >= 0.3 is 0 Å². The zero-order valence-electron chi connectivity index (χ0n) is 9.52. The van der Waals surface area contributed by atoms with Crippen molar-refractivity contribution in [2.24, 2.45) is 0 Å². The van der Waals surface area contributed by atoms with Crippen LogP contribution in [0.1, 0.15) is 11.3 Å². The third-order valence-corrected chi connectivity index (χ3v) is 3.87. The van der Waals surface area contributed by atoms with E-state index in [9.17, 15) is 5.26 Å². The van der Waals surface area contributed by atoms with Gasteiger partial charge < -0.3 is 5.32 Å². The Balaban J connectivity index is 2.36. The smallest absolute Gasteiger partial charge is 0.187 e. The Labute approximate surface area is 109 Å². The molecule has 1 aromatic carbocycles. The van der Waals surface area contributed by atoms with Crippen molar-refractivity contribution in [1.82, 2.24) is 4.98 Å². The van der Waals surface area contributed by atoms with E-state index >= 15 is 0 Å². The summed E-state index contributed by atoms with van der Waals surface area (Å²) in [5, 5.41) is 15.2. The zero-order valence-corrected chi connectivity index (χ0v) is 11.2. The SMILES string of the molecule is CSc1cccc(Nc2nc(C)cs2)c1C#N. The van der Waals surface area contributed by atoms with Crippen LogP contribution >= 0.6 is 23.1 Å². The van der Waals surface area contributed by atoms with Crippen molar-refractivity contribution in [3.8, 4) is 6.07 Å². The van der Waals surface area contributed by atoms with E-state index in [1.165, 1.54) is 11.3 Å². The Kier molecular flexibility index (Phi) is 3.67. The molecule has 0 unspecified atom stereocenters. The molecule has 0 aliphatic heterocycles. The average Bonchev–Trinajstić information content (AvgIpc) is 2.74. The lowest BCUT2D eigenvalue weighted by atomic mass is 10.2. The normalized spacial score (nSPS) is 9.94. The molecule has 86 valence electrons. The summed E-state index contributed by atoms with van der Waals surface area (Å²) in [4.78, 5) is 5.31. The largest absolute Gasteiger partial charge is 0.330 e. The molecule has 2 rings (SSSR count). The molecule has 0 atom stereocenters. The molecule has 0 saturated heterocycles. The van der Waals surface area contributed by atoms with E-state index in [-0.39, 0.29) is 0 Å². The highest BCUT2D eigenvalue weighted by Gasteiger charge is 2.08. The van der Waals surface area contributed by atoms with Crippen molar-refractivity contribution in [1.29, 1.82) is 5.26 Å². The van der Waals surface area contributed by atoms with Crippen molar-refractivity contribution in [3.63, 3.8) is 0 Å². The van der Waals surface area contributed by atoms with Gasteiger partial charge in [-0.15, -0.1) is 23.1 Å². The summed E-state index contributed by atoms with van der Waals surface area (Å²) in [5.74, 6) is 0. The Morgan fingerprint density at radius 1 is 1.47 bits per heavy atom. The van der Waals surface area contributed by atoms with Gasteiger partial charge in [0.2, 0.25) is 0 Å². The molecular formula is C12H11N3S2. The second-order valence-electron chi connectivity index (χ2n) is 3.41. The molecule has 0 saturated carbocycles. The zero-order chi connectivity index (χ0) is 12.3. The first-order valence-corrected chi connectivity index (χ1v) is 7.11. The van der Waals surface area contributed by atoms with E-state index in [1.807, 2.05) is 36.8 Å². The third kappa shape index (κ3) is 2.60. The van der Waals surface area contributed by atoms with Crippen molar-refractivity contribution in [2.75, 3.05) is 11.6 Å². The van der Waals surface area contributed by atoms with Crippen LogP contribution in [0.15, 0.2) is 28.5 Å². The Hall–Kier alpha value is -1.51. The lowest BCUT2D eigenvalue weighted by molar-refractivity contribution is 1.25. The number of rotatable bonds is 3. The summed E-state index contributed by atoms with van der Waals surface area (Å²) < 4.78 is 0. The van der Waals surface area contributed by atoms with Crippen LogP contribution in [0.5, 0.6) is 0 Å². The summed E-state index contributed by atoms with van der Waals surface area (Å²) >= 11 is 3.11. The van der Waals surface area contributed by atoms with Crippen molar-refractivity contribution in [2.45, 2.75) is 11.8 Å². The molecule has 1 aromatic heterocycles. The van der Waals surface area contributed by atoms with Gasteiger partial charge in [-0.2, -0.15) is 5.26 Å². The standard InChI is InChI=1S/C12H11N3S2/c1-8-7-17-12(14-8)15-10-4-3-5-11(16-2)9(10)6-13/h3-5,7H,1-2H3,(H,14,15). The second-order valence-corrected chi connectivity index (χ2v) is 5.12. The second kappa shape index (κ2) is 5.21. The Bertz CT molecular complexity index is 569. The first-order chi connectivity index (χ1) is 8.24. The number of nitrogens with one attached hydrogen (secondary N) is 1. The van der Waals surface area contributed by atoms with Crippen LogP contribution in [0, 0.1) is 18.3 Å². The van der Waals surface area contributed by atoms with E-state index < -0.39 is 0 Å². The number of hydrogen-bond acceptors (Lipinski definition) is 5. The van der Waals surface area contributed by atoms with E-state index in [0.29, 0.717) is 5.56 Å². The molecule has 2 aromatic rings. The molecule has 0 radical (unpaired) electrons. The molecule has 17 heavy (non-hydrogen) atoms. The van der Waals surface area contributed by atoms with E-state index in [2.05, 4.69) is 16.4 Å². The van der Waals surface area contributed by atoms with Crippen LogP contribution in [-0.2, 0) is 0 Å². The Morgan fingerprint density at radius 3 is 2.88 bits per heavy atom. The van der Waals surface area contributed by atoms with Crippen LogP contribution < -0.4 is 5.32 Å². The number of hydrogen-bond donors (Lipinski definition) is 1. The van der Waals surface area contributed by atoms with E-state index in [0.717, 1.165) is 21.4 Å². The van der Waals surface area contributed by atoms with Crippen molar-refractivity contribution in [3.05, 3.63) is 34.8 Å². The summed E-state index contributed by atoms with van der Waals surface area (Å²) in [5.41, 5.74) is 2.47. The third-order valence-electron chi connectivity index (χ3n) is 2.22. The van der Waals surface area contributed by atoms with Gasteiger partial charge in [0.05, 0.1) is 16.9 Å². The molecular weight excluding hydrogens is 250 g/mol. The maximum atomic E-state index is 9.19. The molecule has 0 spiro atoms. The van der Waals surface area contributed by atoms with Gasteiger partial charge in [-0.3, -0.25) is 0 Å². The maximum Gasteiger partial charge on any atom is 0.187 e. The van der Waals surface area contributed by atoms with E-state index in [4.69, 9.17) is 0 Å². The number of thiazole rings is 1. The topological polar surface area (TPSA) is 48.7 Å². The molecule has 0 fully saturated rings. The fraction of sp³-hybridized carbons (Fsp3) is 0.167. The fourth-order valence-corrected chi connectivity index (χ4v) is 2.72. The number of nitrogens with zero attached hydrogens (tertiary/aromatic N) is 2. The van der Waals surface area contributed by atoms with Gasteiger partial charge in [-0.25, -0.2) is 4.98 Å². The van der Waals surface area contributed by atoms with Crippen LogP contribution in [-0.4, -0.2) is 11.2 Å². The predicted molar refractivity (Wildman–Crippen MR) is 73.1 cm³/mol. The Morgan fingerprint density at radius 2 is 2.29 bits per heavy atom. The molecule has 3 nitrogen and oxygen atoms in total. The number of thioether (sulfide) groups is 1. The molecule has 1 N–H and O–H groups in total. The summed E-state index contributed by atoms with van der Waals surface area (Å²) in [7, 11) is 0. The van der Waals surface area contributed by atoms with Gasteiger partial charge in [0.25, 0.3) is 0 Å². The average molecular weight is 261 g/mol. The first kappa shape index (κ1) is 12.0. The number of aryl methyl sites for hydroxylation is 1. The van der Waals surface area contributed by atoms with Gasteiger partial charge in [-0.1, -0.05) is 6.07 Å². The number of nitriles is 1. The molecule has 1 heterocycles. The minimum Gasteiger partial charge on any atom is -0.330 e. The van der Waals surface area contributed by atoms with Crippen LogP contribution in [0.3, 0.4) is 0 Å². The highest BCUT2D eigenvalue weighted by atomic mass is 32.2. The number of anilines is 2. The molecule has 0 aliphatic rings. The van der Waals surface area contributed by atoms with Crippen molar-refractivity contribution >= 4 is 33.9 Å². The molecule has 5 heteroatoms. The minimum atomic E-state index is 0.674. The van der Waals surface area contributed by atoms with Crippen LogP contribution in [0.25, 0.3) is 0 Å². The molecule has 0 amide bonds. The van der Waals surface area contributed by atoms with Gasteiger partial charge in [0.1, 0.15) is 6.07 Å². The lowest BCUT2D eigenvalue weighted by Crippen LogP contribution is -1.94. The summed E-state index contributed by atoms with van der Waals surface area (Å²) in [6.45, 7) is 1.95. The van der Waals surface area contributed by atoms with Crippen LogP contribution in [0.2, 0.25) is 0 Å². The van der Waals surface area contributed by atoms with Gasteiger partial charge in [0, 0.05) is 10.3 Å². The van der Waals surface area contributed by atoms with Gasteiger partial charge in [0.15, 0.2) is 5.13 Å². The fourth-order valence-electron chi connectivity index (χ4n) is 1.45. The summed E-state index contributed by atoms with van der Waals surface area (Å²) in [6, 6.07) is 8.02.